The number of halogens is 2. The van der Waals surface area contributed by atoms with Crippen LogP contribution in [-0.4, -0.2) is 12.4 Å². The van der Waals surface area contributed by atoms with Gasteiger partial charge in [-0.2, -0.15) is 0 Å². The molecule has 1 aromatic heterocycles. The number of ketones is 1. The summed E-state index contributed by atoms with van der Waals surface area (Å²) >= 11 is 12.9. The van der Waals surface area contributed by atoms with Gasteiger partial charge in [0.15, 0.2) is 6.61 Å². The van der Waals surface area contributed by atoms with Gasteiger partial charge in [0.2, 0.25) is 5.78 Å². The van der Waals surface area contributed by atoms with Crippen molar-refractivity contribution in [2.24, 2.45) is 0 Å². The molecule has 0 spiro atoms. The molecule has 0 aliphatic rings. The summed E-state index contributed by atoms with van der Waals surface area (Å²) in [5, 5.41) is 0. The van der Waals surface area contributed by atoms with E-state index < -0.39 is 0 Å². The van der Waals surface area contributed by atoms with Crippen molar-refractivity contribution in [1.29, 1.82) is 0 Å². The highest BCUT2D eigenvalue weighted by atomic mass is 35.5. The standard InChI is InChI=1S/C15H12Cl2O2S/c1-2-5-10-6-3-4-7-13(10)19-9-12(18)11-8-14(16)20-15(11)17/h2-8H,9H2,1H3. The maximum Gasteiger partial charge on any atom is 0.202 e. The third-order valence-electron chi connectivity index (χ3n) is 2.58. The van der Waals surface area contributed by atoms with Crippen LogP contribution >= 0.6 is 34.5 Å². The van der Waals surface area contributed by atoms with E-state index >= 15 is 0 Å². The summed E-state index contributed by atoms with van der Waals surface area (Å²) in [6.45, 7) is 1.86. The molecule has 5 heteroatoms. The zero-order chi connectivity index (χ0) is 14.5. The normalized spacial score (nSPS) is 10.9. The number of thiophene rings is 1. The van der Waals surface area contributed by atoms with Gasteiger partial charge in [0, 0.05) is 5.56 Å². The molecular formula is C15H12Cl2O2S. The molecule has 20 heavy (non-hydrogen) atoms. The fraction of sp³-hybridized carbons (Fsp3) is 0.133. The largest absolute Gasteiger partial charge is 0.485 e. The number of rotatable bonds is 5. The first-order valence-corrected chi connectivity index (χ1v) is 7.51. The molecule has 1 aromatic carbocycles. The number of carbonyl (C=O) groups is 1. The summed E-state index contributed by atoms with van der Waals surface area (Å²) in [4.78, 5) is 12.0. The molecule has 0 bridgehead atoms. The van der Waals surface area contributed by atoms with E-state index in [1.54, 1.807) is 6.07 Å². The summed E-state index contributed by atoms with van der Waals surface area (Å²) in [6, 6.07) is 9.10. The van der Waals surface area contributed by atoms with E-state index in [1.807, 2.05) is 43.3 Å². The molecule has 0 aliphatic carbocycles. The Labute approximate surface area is 131 Å². The van der Waals surface area contributed by atoms with Gasteiger partial charge in [-0.05, 0) is 19.1 Å². The molecule has 0 unspecified atom stereocenters. The van der Waals surface area contributed by atoms with Crippen molar-refractivity contribution in [1.82, 2.24) is 0 Å². The number of para-hydroxylation sites is 1. The highest BCUT2D eigenvalue weighted by molar-refractivity contribution is 7.20. The van der Waals surface area contributed by atoms with Gasteiger partial charge in [0.25, 0.3) is 0 Å². The predicted octanol–water partition coefficient (Wildman–Crippen LogP) is 5.35. The van der Waals surface area contributed by atoms with E-state index in [2.05, 4.69) is 0 Å². The minimum atomic E-state index is -0.187. The second-order valence-electron chi connectivity index (χ2n) is 3.99. The first-order valence-electron chi connectivity index (χ1n) is 5.94. The molecule has 0 fully saturated rings. The van der Waals surface area contributed by atoms with Crippen LogP contribution in [0.1, 0.15) is 22.8 Å². The van der Waals surface area contributed by atoms with Gasteiger partial charge in [0.05, 0.1) is 9.90 Å². The van der Waals surface area contributed by atoms with Gasteiger partial charge in [-0.25, -0.2) is 0 Å². The lowest BCUT2D eigenvalue weighted by Gasteiger charge is -2.08. The quantitative estimate of drug-likeness (QED) is 0.692. The van der Waals surface area contributed by atoms with Gasteiger partial charge < -0.3 is 4.74 Å². The SMILES string of the molecule is CC=Cc1ccccc1OCC(=O)c1cc(Cl)sc1Cl. The number of benzene rings is 1. The number of hydrogen-bond acceptors (Lipinski definition) is 3. The molecular weight excluding hydrogens is 315 g/mol. The van der Waals surface area contributed by atoms with Crippen molar-refractivity contribution in [2.75, 3.05) is 6.61 Å². The summed E-state index contributed by atoms with van der Waals surface area (Å²) in [6.07, 6.45) is 3.84. The van der Waals surface area contributed by atoms with Crippen LogP contribution in [0.15, 0.2) is 36.4 Å². The predicted molar refractivity (Wildman–Crippen MR) is 85.3 cm³/mol. The van der Waals surface area contributed by atoms with Crippen LogP contribution in [0.3, 0.4) is 0 Å². The molecule has 2 aromatic rings. The van der Waals surface area contributed by atoms with Crippen LogP contribution in [0.25, 0.3) is 6.08 Å². The lowest BCUT2D eigenvalue weighted by atomic mass is 10.2. The van der Waals surface area contributed by atoms with Crippen LogP contribution in [0.4, 0.5) is 0 Å². The lowest BCUT2D eigenvalue weighted by Crippen LogP contribution is -2.11. The fourth-order valence-corrected chi connectivity index (χ4v) is 3.18. The third-order valence-corrected chi connectivity index (χ3v) is 4.07. The molecule has 0 atom stereocenters. The van der Waals surface area contributed by atoms with Gasteiger partial charge in [0.1, 0.15) is 10.1 Å². The molecule has 1 heterocycles. The maximum atomic E-state index is 12.0. The number of hydrogen-bond donors (Lipinski definition) is 0. The molecule has 0 radical (unpaired) electrons. The van der Waals surface area contributed by atoms with E-state index in [1.165, 1.54) is 11.3 Å². The third kappa shape index (κ3) is 3.63. The average molecular weight is 327 g/mol. The van der Waals surface area contributed by atoms with E-state index in [0.29, 0.717) is 20.0 Å². The zero-order valence-corrected chi connectivity index (χ0v) is 13.1. The molecule has 2 rings (SSSR count). The average Bonchev–Trinajstić information content (AvgIpc) is 2.77. The Bertz CT molecular complexity index is 647. The number of carbonyl (C=O) groups excluding carboxylic acids is 1. The molecule has 104 valence electrons. The Morgan fingerprint density at radius 3 is 2.75 bits per heavy atom. The van der Waals surface area contributed by atoms with E-state index in [9.17, 15) is 4.79 Å². The summed E-state index contributed by atoms with van der Waals surface area (Å²) in [7, 11) is 0. The second-order valence-corrected chi connectivity index (χ2v) is 6.27. The van der Waals surface area contributed by atoms with E-state index in [4.69, 9.17) is 27.9 Å². The summed E-state index contributed by atoms with van der Waals surface area (Å²) < 4.78 is 6.46. The van der Waals surface area contributed by atoms with Gasteiger partial charge in [-0.3, -0.25) is 4.79 Å². The molecule has 0 saturated heterocycles. The number of Topliss-reactive ketones (excluding diaryl/α,β-unsaturated/α-hetero) is 1. The van der Waals surface area contributed by atoms with E-state index in [-0.39, 0.29) is 12.4 Å². The van der Waals surface area contributed by atoms with Crippen molar-refractivity contribution in [3.63, 3.8) is 0 Å². The Kier molecular flexibility index (Phi) is 5.24. The first kappa shape index (κ1) is 15.1. The van der Waals surface area contributed by atoms with Crippen molar-refractivity contribution in [2.45, 2.75) is 6.92 Å². The van der Waals surface area contributed by atoms with Crippen LogP contribution < -0.4 is 4.74 Å². The van der Waals surface area contributed by atoms with Crippen LogP contribution in [-0.2, 0) is 0 Å². The Morgan fingerprint density at radius 2 is 2.10 bits per heavy atom. The smallest absolute Gasteiger partial charge is 0.202 e. The monoisotopic (exact) mass is 326 g/mol. The van der Waals surface area contributed by atoms with Crippen LogP contribution in [0.5, 0.6) is 5.75 Å². The number of allylic oxidation sites excluding steroid dienone is 1. The Hall–Kier alpha value is -1.29. The highest BCUT2D eigenvalue weighted by Crippen LogP contribution is 2.31. The summed E-state index contributed by atoms with van der Waals surface area (Å²) in [5.74, 6) is 0.477. The molecule has 0 amide bonds. The molecule has 0 aliphatic heterocycles. The fourth-order valence-electron chi connectivity index (χ4n) is 1.68. The van der Waals surface area contributed by atoms with Gasteiger partial charge in [-0.15, -0.1) is 11.3 Å². The summed E-state index contributed by atoms with van der Waals surface area (Å²) in [5.41, 5.74) is 1.34. The van der Waals surface area contributed by atoms with E-state index in [0.717, 1.165) is 5.56 Å². The first-order chi connectivity index (χ1) is 9.61. The zero-order valence-electron chi connectivity index (χ0n) is 10.7. The van der Waals surface area contributed by atoms with Crippen molar-refractivity contribution < 1.29 is 9.53 Å². The van der Waals surface area contributed by atoms with Crippen molar-refractivity contribution in [3.8, 4) is 5.75 Å². The van der Waals surface area contributed by atoms with Gasteiger partial charge in [-0.1, -0.05) is 53.6 Å². The molecule has 0 saturated carbocycles. The second kappa shape index (κ2) is 6.93. The Morgan fingerprint density at radius 1 is 1.35 bits per heavy atom. The maximum absolute atomic E-state index is 12.0. The minimum absolute atomic E-state index is 0.0681. The van der Waals surface area contributed by atoms with Crippen molar-refractivity contribution >= 4 is 46.4 Å². The number of ether oxygens (including phenoxy) is 1. The Balaban J connectivity index is 2.09. The minimum Gasteiger partial charge on any atom is -0.485 e. The molecule has 0 N–H and O–H groups in total. The van der Waals surface area contributed by atoms with Gasteiger partial charge >= 0.3 is 0 Å². The van der Waals surface area contributed by atoms with Crippen molar-refractivity contribution in [3.05, 3.63) is 56.2 Å². The highest BCUT2D eigenvalue weighted by Gasteiger charge is 2.15. The lowest BCUT2D eigenvalue weighted by molar-refractivity contribution is 0.0922. The van der Waals surface area contributed by atoms with Crippen LogP contribution in [0, 0.1) is 0 Å². The topological polar surface area (TPSA) is 26.3 Å². The molecule has 2 nitrogen and oxygen atoms in total. The van der Waals surface area contributed by atoms with Crippen LogP contribution in [0.2, 0.25) is 8.67 Å².